The minimum absolute atomic E-state index is 0.0634. The number of likely N-dealkylation sites (tertiary alicyclic amines) is 1. The third kappa shape index (κ3) is 4.62. The number of hydrogen-bond acceptors (Lipinski definition) is 2. The van der Waals surface area contributed by atoms with Crippen molar-refractivity contribution in [1.29, 1.82) is 0 Å². The number of carbonyl (C=O) groups excluding carboxylic acids is 1. The molecule has 1 aliphatic heterocycles. The van der Waals surface area contributed by atoms with Gasteiger partial charge in [0.1, 0.15) is 6.61 Å². The summed E-state index contributed by atoms with van der Waals surface area (Å²) in [6.07, 6.45) is 2.10. The number of piperidine rings is 1. The zero-order chi connectivity index (χ0) is 15.2. The van der Waals surface area contributed by atoms with Crippen molar-refractivity contribution in [3.8, 4) is 5.75 Å². The molecule has 1 unspecified atom stereocenters. The maximum absolute atomic E-state index is 13.4. The van der Waals surface area contributed by atoms with E-state index in [-0.39, 0.29) is 30.2 Å². The van der Waals surface area contributed by atoms with Crippen molar-refractivity contribution in [3.63, 3.8) is 0 Å². The van der Waals surface area contributed by atoms with Crippen LogP contribution in [-0.4, -0.2) is 36.7 Å². The van der Waals surface area contributed by atoms with Gasteiger partial charge in [-0.1, -0.05) is 19.1 Å². The molecule has 1 aromatic carbocycles. The Bertz CT molecular complexity index is 473. The Morgan fingerprint density at radius 3 is 2.76 bits per heavy atom. The number of nitrogens with zero attached hydrogens (tertiary/aromatic N) is 1. The average molecular weight is 294 g/mol. The highest BCUT2D eigenvalue weighted by atomic mass is 19.1. The molecule has 1 aromatic rings. The van der Waals surface area contributed by atoms with Gasteiger partial charge in [-0.15, -0.1) is 0 Å². The summed E-state index contributed by atoms with van der Waals surface area (Å²) in [5.41, 5.74) is 0. The van der Waals surface area contributed by atoms with Gasteiger partial charge in [-0.3, -0.25) is 0 Å². The monoisotopic (exact) mass is 294 g/mol. The van der Waals surface area contributed by atoms with E-state index in [1.165, 1.54) is 6.07 Å². The molecular weight excluding hydrogens is 271 g/mol. The molecule has 5 heteroatoms. The number of nitrogens with one attached hydrogen (secondary N) is 1. The normalized spacial score (nSPS) is 17.4. The third-order valence-electron chi connectivity index (χ3n) is 3.77. The van der Waals surface area contributed by atoms with E-state index in [0.717, 1.165) is 25.9 Å². The highest BCUT2D eigenvalue weighted by Crippen LogP contribution is 2.17. The Morgan fingerprint density at radius 1 is 1.43 bits per heavy atom. The molecule has 0 saturated carbocycles. The van der Waals surface area contributed by atoms with Gasteiger partial charge in [0.25, 0.3) is 0 Å². The predicted octanol–water partition coefficient (Wildman–Crippen LogP) is 3.03. The van der Waals surface area contributed by atoms with Crippen molar-refractivity contribution in [2.45, 2.75) is 32.7 Å². The fraction of sp³-hybridized carbons (Fsp3) is 0.562. The number of ether oxygens (including phenoxy) is 1. The van der Waals surface area contributed by atoms with Crippen LogP contribution in [-0.2, 0) is 0 Å². The van der Waals surface area contributed by atoms with E-state index < -0.39 is 0 Å². The largest absolute Gasteiger partial charge is 0.488 e. The summed E-state index contributed by atoms with van der Waals surface area (Å²) >= 11 is 0. The van der Waals surface area contributed by atoms with E-state index in [9.17, 15) is 9.18 Å². The van der Waals surface area contributed by atoms with Gasteiger partial charge in [0.2, 0.25) is 0 Å². The van der Waals surface area contributed by atoms with Crippen molar-refractivity contribution in [2.24, 2.45) is 5.92 Å². The zero-order valence-electron chi connectivity index (χ0n) is 12.6. The molecule has 0 bridgehead atoms. The minimum atomic E-state index is -0.388. The average Bonchev–Trinajstić information content (AvgIpc) is 2.47. The summed E-state index contributed by atoms with van der Waals surface area (Å²) < 4.78 is 18.8. The van der Waals surface area contributed by atoms with Crippen LogP contribution in [0.15, 0.2) is 24.3 Å². The molecule has 2 rings (SSSR count). The molecule has 0 aliphatic carbocycles. The van der Waals surface area contributed by atoms with Gasteiger partial charge in [0.15, 0.2) is 11.6 Å². The molecule has 1 N–H and O–H groups in total. The van der Waals surface area contributed by atoms with E-state index >= 15 is 0 Å². The van der Waals surface area contributed by atoms with Crippen LogP contribution in [0.25, 0.3) is 0 Å². The molecule has 1 heterocycles. The first-order chi connectivity index (χ1) is 10.1. The van der Waals surface area contributed by atoms with Gasteiger partial charge >= 0.3 is 6.03 Å². The van der Waals surface area contributed by atoms with E-state index in [0.29, 0.717) is 5.92 Å². The fourth-order valence-corrected chi connectivity index (χ4v) is 2.33. The Morgan fingerprint density at radius 2 is 2.10 bits per heavy atom. The van der Waals surface area contributed by atoms with Crippen LogP contribution in [0.1, 0.15) is 26.7 Å². The zero-order valence-corrected chi connectivity index (χ0v) is 12.6. The smallest absolute Gasteiger partial charge is 0.317 e. The molecule has 0 aromatic heterocycles. The Balaban J connectivity index is 1.75. The van der Waals surface area contributed by atoms with Crippen LogP contribution in [0.2, 0.25) is 0 Å². The lowest BCUT2D eigenvalue weighted by atomic mass is 10.00. The summed E-state index contributed by atoms with van der Waals surface area (Å²) in [5.74, 6) is 0.516. The molecule has 116 valence electrons. The van der Waals surface area contributed by atoms with Crippen molar-refractivity contribution in [2.75, 3.05) is 19.7 Å². The van der Waals surface area contributed by atoms with Crippen molar-refractivity contribution < 1.29 is 13.9 Å². The number of halogens is 1. The van der Waals surface area contributed by atoms with Crippen LogP contribution in [0.3, 0.4) is 0 Å². The first kappa shape index (κ1) is 15.6. The fourth-order valence-electron chi connectivity index (χ4n) is 2.33. The van der Waals surface area contributed by atoms with E-state index in [4.69, 9.17) is 4.74 Å². The highest BCUT2D eigenvalue weighted by molar-refractivity contribution is 5.74. The number of benzene rings is 1. The third-order valence-corrected chi connectivity index (χ3v) is 3.77. The first-order valence-electron chi connectivity index (χ1n) is 7.49. The summed E-state index contributed by atoms with van der Waals surface area (Å²) in [5, 5.41) is 2.89. The van der Waals surface area contributed by atoms with Crippen molar-refractivity contribution in [3.05, 3.63) is 30.1 Å². The summed E-state index contributed by atoms with van der Waals surface area (Å²) in [6.45, 7) is 5.91. The summed E-state index contributed by atoms with van der Waals surface area (Å²) in [4.78, 5) is 13.9. The quantitative estimate of drug-likeness (QED) is 0.927. The van der Waals surface area contributed by atoms with Crippen LogP contribution in [0.4, 0.5) is 9.18 Å². The number of para-hydroxylation sites is 1. The lowest BCUT2D eigenvalue weighted by molar-refractivity contribution is 0.166. The second-order valence-electron chi connectivity index (χ2n) is 5.76. The van der Waals surface area contributed by atoms with Crippen molar-refractivity contribution in [1.82, 2.24) is 10.2 Å². The molecular formula is C16H23FN2O2. The summed E-state index contributed by atoms with van der Waals surface area (Å²) in [6, 6.07) is 6.04. The van der Waals surface area contributed by atoms with Crippen molar-refractivity contribution >= 4 is 6.03 Å². The van der Waals surface area contributed by atoms with Gasteiger partial charge < -0.3 is 15.0 Å². The van der Waals surface area contributed by atoms with Crippen LogP contribution in [0.5, 0.6) is 5.75 Å². The SMILES string of the molecule is CC1CCN(C(=O)NC(C)COc2ccccc2F)CC1. The number of hydrogen-bond donors (Lipinski definition) is 1. The molecule has 1 fully saturated rings. The van der Waals surface area contributed by atoms with Crippen LogP contribution < -0.4 is 10.1 Å². The van der Waals surface area contributed by atoms with Gasteiger partial charge in [0, 0.05) is 13.1 Å². The van der Waals surface area contributed by atoms with E-state index in [1.807, 2.05) is 11.8 Å². The van der Waals surface area contributed by atoms with Gasteiger partial charge in [-0.05, 0) is 37.8 Å². The molecule has 0 radical (unpaired) electrons. The lowest BCUT2D eigenvalue weighted by Gasteiger charge is -2.31. The number of carbonyl (C=O) groups is 1. The molecule has 1 aliphatic rings. The molecule has 21 heavy (non-hydrogen) atoms. The topological polar surface area (TPSA) is 41.6 Å². The summed E-state index contributed by atoms with van der Waals surface area (Å²) in [7, 11) is 0. The second kappa shape index (κ2) is 7.29. The maximum Gasteiger partial charge on any atom is 0.317 e. The van der Waals surface area contributed by atoms with Gasteiger partial charge in [-0.25, -0.2) is 9.18 Å². The van der Waals surface area contributed by atoms with E-state index in [2.05, 4.69) is 12.2 Å². The van der Waals surface area contributed by atoms with Crippen LogP contribution >= 0.6 is 0 Å². The molecule has 4 nitrogen and oxygen atoms in total. The maximum atomic E-state index is 13.4. The number of rotatable bonds is 4. The predicted molar refractivity (Wildman–Crippen MR) is 79.9 cm³/mol. The second-order valence-corrected chi connectivity index (χ2v) is 5.76. The first-order valence-corrected chi connectivity index (χ1v) is 7.49. The Hall–Kier alpha value is -1.78. The molecule has 1 atom stereocenters. The van der Waals surface area contributed by atoms with Crippen LogP contribution in [0, 0.1) is 11.7 Å². The van der Waals surface area contributed by atoms with E-state index in [1.54, 1.807) is 18.2 Å². The minimum Gasteiger partial charge on any atom is -0.488 e. The Labute approximate surface area is 125 Å². The van der Waals surface area contributed by atoms with Gasteiger partial charge in [-0.2, -0.15) is 0 Å². The number of amides is 2. The standard InChI is InChI=1S/C16H23FN2O2/c1-12-7-9-19(10-8-12)16(20)18-13(2)11-21-15-6-4-3-5-14(15)17/h3-6,12-13H,7-11H2,1-2H3,(H,18,20). The highest BCUT2D eigenvalue weighted by Gasteiger charge is 2.21. The lowest BCUT2D eigenvalue weighted by Crippen LogP contribution is -2.48. The van der Waals surface area contributed by atoms with Gasteiger partial charge in [0.05, 0.1) is 6.04 Å². The molecule has 1 saturated heterocycles. The molecule has 0 spiro atoms. The molecule has 2 amide bonds. The number of urea groups is 1. The Kier molecular flexibility index (Phi) is 5.42.